The number of nitrogens with two attached hydrogens (primary N) is 2. The SMILES string of the molecule is Cc1cc(C(C)C)c(C(=O)N=C(N)N)cc1S(C)(=O)=O. The Bertz CT molecular complexity index is 672. The standard InChI is InChI=1S/C13H19N3O3S/c1-7(2)9-5-8(3)11(20(4,18)19)6-10(9)12(17)16-13(14)15/h5-7H,1-4H3,(H4,14,15,16,17). The van der Waals surface area contributed by atoms with Gasteiger partial charge in [-0.1, -0.05) is 19.9 Å². The molecule has 0 fully saturated rings. The van der Waals surface area contributed by atoms with Crippen LogP contribution in [0.15, 0.2) is 22.0 Å². The molecule has 0 spiro atoms. The summed E-state index contributed by atoms with van der Waals surface area (Å²) >= 11 is 0. The lowest BCUT2D eigenvalue weighted by Crippen LogP contribution is -2.24. The molecule has 6 nitrogen and oxygen atoms in total. The Morgan fingerprint density at radius 2 is 1.80 bits per heavy atom. The zero-order valence-electron chi connectivity index (χ0n) is 12.0. The molecule has 0 aliphatic rings. The lowest BCUT2D eigenvalue weighted by Gasteiger charge is -2.14. The summed E-state index contributed by atoms with van der Waals surface area (Å²) in [4.78, 5) is 15.6. The highest BCUT2D eigenvalue weighted by Crippen LogP contribution is 2.26. The van der Waals surface area contributed by atoms with Crippen LogP contribution in [-0.4, -0.2) is 26.5 Å². The van der Waals surface area contributed by atoms with Gasteiger partial charge in [0.2, 0.25) is 0 Å². The minimum Gasteiger partial charge on any atom is -0.370 e. The van der Waals surface area contributed by atoms with E-state index in [-0.39, 0.29) is 22.3 Å². The van der Waals surface area contributed by atoms with Crippen LogP contribution in [0.2, 0.25) is 0 Å². The van der Waals surface area contributed by atoms with Crippen LogP contribution < -0.4 is 11.5 Å². The number of carbonyl (C=O) groups excluding carboxylic acids is 1. The summed E-state index contributed by atoms with van der Waals surface area (Å²) in [7, 11) is -3.42. The van der Waals surface area contributed by atoms with Crippen molar-refractivity contribution >= 4 is 21.7 Å². The van der Waals surface area contributed by atoms with E-state index in [0.29, 0.717) is 11.1 Å². The van der Waals surface area contributed by atoms with Gasteiger partial charge in [-0.25, -0.2) is 8.42 Å². The van der Waals surface area contributed by atoms with Gasteiger partial charge >= 0.3 is 0 Å². The number of aryl methyl sites for hydroxylation is 1. The predicted octanol–water partition coefficient (Wildman–Crippen LogP) is 0.936. The zero-order chi connectivity index (χ0) is 15.7. The lowest BCUT2D eigenvalue weighted by atomic mass is 9.95. The van der Waals surface area contributed by atoms with Gasteiger partial charge in [0.15, 0.2) is 15.8 Å². The van der Waals surface area contributed by atoms with Gasteiger partial charge in [0.25, 0.3) is 5.91 Å². The van der Waals surface area contributed by atoms with Crippen LogP contribution in [0.1, 0.15) is 41.3 Å². The zero-order valence-corrected chi connectivity index (χ0v) is 12.8. The minimum absolute atomic E-state index is 0.0375. The maximum absolute atomic E-state index is 12.0. The molecule has 0 atom stereocenters. The average Bonchev–Trinajstić information content (AvgIpc) is 2.25. The van der Waals surface area contributed by atoms with E-state index in [1.165, 1.54) is 6.07 Å². The van der Waals surface area contributed by atoms with Crippen LogP contribution >= 0.6 is 0 Å². The molecule has 7 heteroatoms. The number of nitrogens with zero attached hydrogens (tertiary/aromatic N) is 1. The third kappa shape index (κ3) is 3.57. The topological polar surface area (TPSA) is 116 Å². The Morgan fingerprint density at radius 1 is 1.25 bits per heavy atom. The lowest BCUT2D eigenvalue weighted by molar-refractivity contribution is 0.100. The third-order valence-corrected chi connectivity index (χ3v) is 4.07. The Kier molecular flexibility index (Phi) is 4.54. The van der Waals surface area contributed by atoms with E-state index in [4.69, 9.17) is 11.5 Å². The van der Waals surface area contributed by atoms with Crippen LogP contribution in [0, 0.1) is 6.92 Å². The fourth-order valence-corrected chi connectivity index (χ4v) is 2.93. The smallest absolute Gasteiger partial charge is 0.280 e. The van der Waals surface area contributed by atoms with E-state index in [2.05, 4.69) is 4.99 Å². The van der Waals surface area contributed by atoms with E-state index in [1.807, 2.05) is 13.8 Å². The van der Waals surface area contributed by atoms with Crippen LogP contribution in [0.4, 0.5) is 0 Å². The molecule has 1 aromatic carbocycles. The summed E-state index contributed by atoms with van der Waals surface area (Å²) in [5, 5.41) is 0. The normalized spacial score (nSPS) is 11.4. The first-order valence-corrected chi connectivity index (χ1v) is 7.91. The molecule has 0 aliphatic heterocycles. The molecular formula is C13H19N3O3S. The number of aliphatic imine (C=N–C) groups is 1. The molecule has 0 saturated carbocycles. The number of benzene rings is 1. The van der Waals surface area contributed by atoms with Crippen molar-refractivity contribution in [3.05, 3.63) is 28.8 Å². The fraction of sp³-hybridized carbons (Fsp3) is 0.385. The maximum atomic E-state index is 12.0. The van der Waals surface area contributed by atoms with Gasteiger partial charge in [-0.2, -0.15) is 4.99 Å². The molecule has 0 heterocycles. The Morgan fingerprint density at radius 3 is 2.20 bits per heavy atom. The van der Waals surface area contributed by atoms with Gasteiger partial charge in [-0.3, -0.25) is 4.79 Å². The molecule has 0 aliphatic carbocycles. The quantitative estimate of drug-likeness (QED) is 0.636. The molecule has 20 heavy (non-hydrogen) atoms. The largest absolute Gasteiger partial charge is 0.370 e. The minimum atomic E-state index is -3.42. The molecule has 1 rings (SSSR count). The van der Waals surface area contributed by atoms with Gasteiger partial charge in [-0.15, -0.1) is 0 Å². The number of rotatable bonds is 3. The molecule has 0 unspecified atom stereocenters. The van der Waals surface area contributed by atoms with Crippen LogP contribution in [0.25, 0.3) is 0 Å². The molecule has 1 aromatic rings. The van der Waals surface area contributed by atoms with Crippen molar-refractivity contribution in [3.63, 3.8) is 0 Å². The first-order chi connectivity index (χ1) is 9.04. The van der Waals surface area contributed by atoms with E-state index in [1.54, 1.807) is 13.0 Å². The summed E-state index contributed by atoms with van der Waals surface area (Å²) in [5.74, 6) is -0.958. The summed E-state index contributed by atoms with van der Waals surface area (Å²) in [6, 6.07) is 3.03. The van der Waals surface area contributed by atoms with Crippen molar-refractivity contribution in [2.24, 2.45) is 16.5 Å². The summed E-state index contributed by atoms with van der Waals surface area (Å²) < 4.78 is 23.5. The van der Waals surface area contributed by atoms with Gasteiger partial charge in [0.05, 0.1) is 4.90 Å². The van der Waals surface area contributed by atoms with Gasteiger partial charge in [0.1, 0.15) is 0 Å². The van der Waals surface area contributed by atoms with E-state index < -0.39 is 15.7 Å². The highest BCUT2D eigenvalue weighted by Gasteiger charge is 2.20. The first-order valence-electron chi connectivity index (χ1n) is 6.02. The number of hydrogen-bond donors (Lipinski definition) is 2. The molecule has 4 N–H and O–H groups in total. The number of guanidine groups is 1. The molecule has 1 amide bonds. The number of amides is 1. The maximum Gasteiger partial charge on any atom is 0.280 e. The molecule has 0 aromatic heterocycles. The fourth-order valence-electron chi connectivity index (χ4n) is 1.95. The van der Waals surface area contributed by atoms with Crippen molar-refractivity contribution in [1.29, 1.82) is 0 Å². The molecule has 0 radical (unpaired) electrons. The van der Waals surface area contributed by atoms with Gasteiger partial charge < -0.3 is 11.5 Å². The second-order valence-corrected chi connectivity index (χ2v) is 6.96. The number of sulfone groups is 1. The van der Waals surface area contributed by atoms with Gasteiger partial charge in [0, 0.05) is 11.8 Å². The summed E-state index contributed by atoms with van der Waals surface area (Å²) in [6.07, 6.45) is 1.10. The summed E-state index contributed by atoms with van der Waals surface area (Å²) in [6.45, 7) is 5.50. The average molecular weight is 297 g/mol. The first kappa shape index (κ1) is 16.2. The van der Waals surface area contributed by atoms with Gasteiger partial charge in [-0.05, 0) is 30.0 Å². The molecule has 0 saturated heterocycles. The van der Waals surface area contributed by atoms with Crippen molar-refractivity contribution in [2.45, 2.75) is 31.6 Å². The molecular weight excluding hydrogens is 278 g/mol. The van der Waals surface area contributed by atoms with E-state index in [9.17, 15) is 13.2 Å². The van der Waals surface area contributed by atoms with E-state index >= 15 is 0 Å². The Labute approximate surface area is 118 Å². The highest BCUT2D eigenvalue weighted by atomic mass is 32.2. The number of carbonyl (C=O) groups is 1. The summed E-state index contributed by atoms with van der Waals surface area (Å²) in [5.41, 5.74) is 11.9. The third-order valence-electron chi connectivity index (χ3n) is 2.83. The van der Waals surface area contributed by atoms with Crippen molar-refractivity contribution in [3.8, 4) is 0 Å². The molecule has 0 bridgehead atoms. The van der Waals surface area contributed by atoms with Crippen molar-refractivity contribution < 1.29 is 13.2 Å². The Balaban J connectivity index is 3.63. The number of hydrogen-bond acceptors (Lipinski definition) is 3. The Hall–Kier alpha value is -1.89. The highest BCUT2D eigenvalue weighted by molar-refractivity contribution is 7.90. The van der Waals surface area contributed by atoms with Crippen molar-refractivity contribution in [2.75, 3.05) is 6.26 Å². The van der Waals surface area contributed by atoms with Crippen LogP contribution in [0.5, 0.6) is 0 Å². The molecule has 110 valence electrons. The predicted molar refractivity (Wildman–Crippen MR) is 78.5 cm³/mol. The van der Waals surface area contributed by atoms with Crippen LogP contribution in [-0.2, 0) is 9.84 Å². The van der Waals surface area contributed by atoms with Crippen LogP contribution in [0.3, 0.4) is 0 Å². The van der Waals surface area contributed by atoms with E-state index in [0.717, 1.165) is 6.26 Å². The van der Waals surface area contributed by atoms with Crippen molar-refractivity contribution in [1.82, 2.24) is 0 Å². The second-order valence-electron chi connectivity index (χ2n) is 4.97. The monoisotopic (exact) mass is 297 g/mol. The second kappa shape index (κ2) is 5.62.